The van der Waals surface area contributed by atoms with Gasteiger partial charge in [0.2, 0.25) is 5.91 Å². The van der Waals surface area contributed by atoms with E-state index in [9.17, 15) is 14.4 Å². The van der Waals surface area contributed by atoms with Gasteiger partial charge in [0.15, 0.2) is 0 Å². The quantitative estimate of drug-likeness (QED) is 0.809. The van der Waals surface area contributed by atoms with Gasteiger partial charge in [-0.2, -0.15) is 0 Å². The van der Waals surface area contributed by atoms with Crippen LogP contribution in [0.5, 0.6) is 0 Å². The number of nitrogens with one attached hydrogen (secondary N) is 1. The number of carbonyl (C=O) groups is 3. The molecule has 1 heterocycles. The Kier molecular flexibility index (Phi) is 5.53. The summed E-state index contributed by atoms with van der Waals surface area (Å²) in [5.41, 5.74) is 0.201. The third-order valence-electron chi connectivity index (χ3n) is 5.93. The van der Waals surface area contributed by atoms with Gasteiger partial charge >= 0.3 is 6.03 Å². The summed E-state index contributed by atoms with van der Waals surface area (Å²) >= 11 is 0. The summed E-state index contributed by atoms with van der Waals surface area (Å²) in [6.07, 6.45) is 3.56. The first-order valence-corrected chi connectivity index (χ1v) is 9.82. The topological polar surface area (TPSA) is 69.7 Å². The fourth-order valence-corrected chi connectivity index (χ4v) is 4.20. The molecule has 2 atom stereocenters. The Bertz CT molecular complexity index is 719. The molecular formula is C21H29N3O3. The van der Waals surface area contributed by atoms with Crippen molar-refractivity contribution < 1.29 is 14.4 Å². The van der Waals surface area contributed by atoms with Gasteiger partial charge in [-0.15, -0.1) is 0 Å². The maximum absolute atomic E-state index is 13.1. The summed E-state index contributed by atoms with van der Waals surface area (Å²) < 4.78 is 0. The van der Waals surface area contributed by atoms with Crippen LogP contribution in [0, 0.1) is 5.92 Å². The summed E-state index contributed by atoms with van der Waals surface area (Å²) in [7, 11) is 0. The Morgan fingerprint density at radius 1 is 1.26 bits per heavy atom. The highest BCUT2D eigenvalue weighted by molar-refractivity contribution is 6.09. The van der Waals surface area contributed by atoms with Crippen molar-refractivity contribution in [2.75, 3.05) is 6.54 Å². The van der Waals surface area contributed by atoms with Crippen LogP contribution in [0.15, 0.2) is 30.3 Å². The summed E-state index contributed by atoms with van der Waals surface area (Å²) in [4.78, 5) is 41.3. The maximum atomic E-state index is 13.1. The van der Waals surface area contributed by atoms with Crippen molar-refractivity contribution in [1.82, 2.24) is 15.1 Å². The highest BCUT2D eigenvalue weighted by atomic mass is 16.2. The van der Waals surface area contributed by atoms with Crippen molar-refractivity contribution in [3.63, 3.8) is 0 Å². The van der Waals surface area contributed by atoms with Gasteiger partial charge in [-0.3, -0.25) is 14.5 Å². The van der Waals surface area contributed by atoms with Gasteiger partial charge in [-0.05, 0) is 38.2 Å². The maximum Gasteiger partial charge on any atom is 0.325 e. The zero-order chi connectivity index (χ0) is 19.6. The predicted octanol–water partition coefficient (Wildman–Crippen LogP) is 2.92. The summed E-state index contributed by atoms with van der Waals surface area (Å²) in [5.74, 6) is -0.359. The number of urea groups is 1. The summed E-state index contributed by atoms with van der Waals surface area (Å²) in [5, 5.41) is 2.91. The van der Waals surface area contributed by atoms with Crippen LogP contribution in [0.3, 0.4) is 0 Å². The summed E-state index contributed by atoms with van der Waals surface area (Å²) in [6, 6.07) is 9.27. The van der Waals surface area contributed by atoms with Gasteiger partial charge in [-0.1, -0.05) is 50.1 Å². The zero-order valence-corrected chi connectivity index (χ0v) is 16.4. The average molecular weight is 371 g/mol. The highest BCUT2D eigenvalue weighted by Crippen LogP contribution is 2.38. The van der Waals surface area contributed by atoms with E-state index in [-0.39, 0.29) is 30.3 Å². The molecule has 2 aliphatic rings. The molecule has 1 aliphatic carbocycles. The molecule has 0 radical (unpaired) electrons. The Labute approximate surface area is 160 Å². The van der Waals surface area contributed by atoms with Crippen LogP contribution in [0.25, 0.3) is 0 Å². The van der Waals surface area contributed by atoms with Crippen molar-refractivity contribution in [1.29, 1.82) is 0 Å². The van der Waals surface area contributed by atoms with Crippen LogP contribution >= 0.6 is 0 Å². The van der Waals surface area contributed by atoms with E-state index in [2.05, 4.69) is 5.32 Å². The molecule has 3 rings (SSSR count). The van der Waals surface area contributed by atoms with E-state index < -0.39 is 11.6 Å². The molecule has 27 heavy (non-hydrogen) atoms. The van der Waals surface area contributed by atoms with Gasteiger partial charge in [0.1, 0.15) is 12.1 Å². The molecule has 1 spiro atoms. The van der Waals surface area contributed by atoms with Crippen LogP contribution < -0.4 is 5.32 Å². The molecule has 0 bridgehead atoms. The molecule has 6 heteroatoms. The van der Waals surface area contributed by atoms with Crippen molar-refractivity contribution in [3.8, 4) is 0 Å². The lowest BCUT2D eigenvalue weighted by atomic mass is 9.73. The molecule has 0 unspecified atom stereocenters. The van der Waals surface area contributed by atoms with E-state index in [0.29, 0.717) is 13.0 Å². The molecule has 1 aromatic carbocycles. The van der Waals surface area contributed by atoms with Crippen LogP contribution in [-0.4, -0.2) is 45.8 Å². The van der Waals surface area contributed by atoms with Crippen LogP contribution in [0.4, 0.5) is 4.79 Å². The van der Waals surface area contributed by atoms with Gasteiger partial charge in [0.05, 0.1) is 0 Å². The second-order valence-electron chi connectivity index (χ2n) is 8.04. The molecule has 4 amide bonds. The number of benzene rings is 1. The van der Waals surface area contributed by atoms with Gasteiger partial charge < -0.3 is 10.2 Å². The minimum Gasteiger partial charge on any atom is -0.334 e. The van der Waals surface area contributed by atoms with E-state index in [1.807, 2.05) is 51.1 Å². The van der Waals surface area contributed by atoms with Crippen molar-refractivity contribution in [2.45, 2.75) is 64.6 Å². The third-order valence-corrected chi connectivity index (χ3v) is 5.93. The monoisotopic (exact) mass is 371 g/mol. The lowest BCUT2D eigenvalue weighted by molar-refractivity contribution is -0.141. The Morgan fingerprint density at radius 3 is 2.59 bits per heavy atom. The minimum atomic E-state index is -0.822. The van der Waals surface area contributed by atoms with E-state index in [1.165, 1.54) is 0 Å². The van der Waals surface area contributed by atoms with Gasteiger partial charge in [-0.25, -0.2) is 4.79 Å². The van der Waals surface area contributed by atoms with Crippen molar-refractivity contribution in [3.05, 3.63) is 35.9 Å². The summed E-state index contributed by atoms with van der Waals surface area (Å²) in [6.45, 7) is 6.15. The minimum absolute atomic E-state index is 0.0268. The molecule has 1 aliphatic heterocycles. The van der Waals surface area contributed by atoms with Crippen molar-refractivity contribution in [2.24, 2.45) is 5.92 Å². The highest BCUT2D eigenvalue weighted by Gasteiger charge is 2.55. The van der Waals surface area contributed by atoms with Gasteiger partial charge in [0.25, 0.3) is 5.91 Å². The number of imide groups is 1. The van der Waals surface area contributed by atoms with E-state index in [0.717, 1.165) is 29.7 Å². The number of hydrogen-bond donors (Lipinski definition) is 1. The lowest BCUT2D eigenvalue weighted by Crippen LogP contribution is -2.54. The number of amides is 4. The van der Waals surface area contributed by atoms with E-state index in [1.54, 1.807) is 4.90 Å². The molecular weight excluding hydrogens is 342 g/mol. The number of carbonyl (C=O) groups excluding carboxylic acids is 3. The van der Waals surface area contributed by atoms with Crippen LogP contribution in [0.1, 0.15) is 52.0 Å². The molecule has 0 aromatic heterocycles. The standard InChI is InChI=1S/C21H29N3O3/c1-15(2)23(13-17-10-5-4-6-11-17)18(25)14-24-19(26)21(22-20(24)27)12-8-7-9-16(21)3/h4-6,10-11,15-16H,7-9,12-14H2,1-3H3,(H,22,27)/t16-,21+/m0/s1. The molecule has 1 saturated carbocycles. The van der Waals surface area contributed by atoms with E-state index in [4.69, 9.17) is 0 Å². The molecule has 1 aromatic rings. The van der Waals surface area contributed by atoms with Gasteiger partial charge in [0, 0.05) is 12.6 Å². The molecule has 1 saturated heterocycles. The average Bonchev–Trinajstić information content (AvgIpc) is 2.88. The first kappa shape index (κ1) is 19.4. The van der Waals surface area contributed by atoms with E-state index >= 15 is 0 Å². The van der Waals surface area contributed by atoms with Crippen LogP contribution in [0.2, 0.25) is 0 Å². The SMILES string of the molecule is CC(C)N(Cc1ccccc1)C(=O)CN1C(=O)N[C@@]2(CCCC[C@@H]2C)C1=O. The fraction of sp³-hybridized carbons (Fsp3) is 0.571. The molecule has 1 N–H and O–H groups in total. The Balaban J connectivity index is 1.73. The largest absolute Gasteiger partial charge is 0.334 e. The lowest BCUT2D eigenvalue weighted by Gasteiger charge is -2.37. The zero-order valence-electron chi connectivity index (χ0n) is 16.4. The number of nitrogens with zero attached hydrogens (tertiary/aromatic N) is 2. The second-order valence-corrected chi connectivity index (χ2v) is 8.04. The Hall–Kier alpha value is -2.37. The Morgan fingerprint density at radius 2 is 1.96 bits per heavy atom. The van der Waals surface area contributed by atoms with Crippen LogP contribution in [-0.2, 0) is 16.1 Å². The molecule has 146 valence electrons. The van der Waals surface area contributed by atoms with Crippen molar-refractivity contribution >= 4 is 17.8 Å². The third kappa shape index (κ3) is 3.70. The number of rotatable bonds is 5. The normalized spacial score (nSPS) is 25.2. The molecule has 2 fully saturated rings. The number of hydrogen-bond acceptors (Lipinski definition) is 3. The molecule has 6 nitrogen and oxygen atoms in total. The first-order valence-electron chi connectivity index (χ1n) is 9.82. The second kappa shape index (κ2) is 7.71. The fourth-order valence-electron chi connectivity index (χ4n) is 4.20. The smallest absolute Gasteiger partial charge is 0.325 e. The predicted molar refractivity (Wildman–Crippen MR) is 103 cm³/mol. The first-order chi connectivity index (χ1) is 12.8.